The van der Waals surface area contributed by atoms with Gasteiger partial charge < -0.3 is 5.32 Å². The van der Waals surface area contributed by atoms with Crippen LogP contribution in [0.2, 0.25) is 0 Å². The van der Waals surface area contributed by atoms with E-state index >= 15 is 0 Å². The van der Waals surface area contributed by atoms with Crippen molar-refractivity contribution in [1.82, 2.24) is 15.2 Å². The van der Waals surface area contributed by atoms with Crippen LogP contribution in [0.5, 0.6) is 0 Å². The number of benzene rings is 1. The number of hydrogen-bond donors (Lipinski definition) is 1. The maximum atomic E-state index is 11.5. The minimum absolute atomic E-state index is 0.0188. The number of thiazole rings is 1. The average molecular weight is 343 g/mol. The summed E-state index contributed by atoms with van der Waals surface area (Å²) in [6.45, 7) is 6.39. The summed E-state index contributed by atoms with van der Waals surface area (Å²) < 4.78 is 0. The van der Waals surface area contributed by atoms with Gasteiger partial charge in [-0.2, -0.15) is 0 Å². The van der Waals surface area contributed by atoms with Crippen molar-refractivity contribution in [2.24, 2.45) is 0 Å². The molecule has 5 heteroatoms. The molecular weight excluding hydrogens is 318 g/mol. The van der Waals surface area contributed by atoms with Gasteiger partial charge in [0.2, 0.25) is 5.91 Å². The first-order chi connectivity index (χ1) is 11.6. The molecule has 0 saturated carbocycles. The number of carbonyl (C=O) groups excluding carboxylic acids is 1. The molecule has 1 amide bonds. The summed E-state index contributed by atoms with van der Waals surface area (Å²) in [4.78, 5) is 18.7. The zero-order valence-electron chi connectivity index (χ0n) is 14.6. The zero-order chi connectivity index (χ0) is 17.1. The van der Waals surface area contributed by atoms with Crippen LogP contribution < -0.4 is 5.32 Å². The predicted octanol–water partition coefficient (Wildman–Crippen LogP) is 3.39. The lowest BCUT2D eigenvalue weighted by atomic mass is 9.96. The minimum Gasteiger partial charge on any atom is -0.359 e. The number of rotatable bonds is 5. The molecule has 1 N–H and O–H groups in total. The van der Waals surface area contributed by atoms with E-state index in [9.17, 15) is 4.79 Å². The molecule has 2 aromatic rings. The van der Waals surface area contributed by atoms with Gasteiger partial charge in [0.1, 0.15) is 5.01 Å². The summed E-state index contributed by atoms with van der Waals surface area (Å²) in [6, 6.07) is 7.10. The van der Waals surface area contributed by atoms with Gasteiger partial charge in [-0.1, -0.05) is 18.2 Å². The van der Waals surface area contributed by atoms with Crippen molar-refractivity contribution < 1.29 is 4.79 Å². The molecule has 24 heavy (non-hydrogen) atoms. The number of likely N-dealkylation sites (tertiary alicyclic amines) is 1. The average Bonchev–Trinajstić information content (AvgIpc) is 3.20. The van der Waals surface area contributed by atoms with Crippen LogP contribution in [-0.2, 0) is 17.8 Å². The second-order valence-electron chi connectivity index (χ2n) is 6.50. The SMILES string of the molecule is CNC(=O)Cc1nc(CN2CCC[C@H]2c2cccc(C)c2C)cs1. The van der Waals surface area contributed by atoms with E-state index in [1.54, 1.807) is 18.4 Å². The molecule has 0 radical (unpaired) electrons. The van der Waals surface area contributed by atoms with Crippen LogP contribution >= 0.6 is 11.3 Å². The third kappa shape index (κ3) is 3.68. The lowest BCUT2D eigenvalue weighted by molar-refractivity contribution is -0.119. The molecule has 1 aliphatic heterocycles. The molecule has 0 bridgehead atoms. The van der Waals surface area contributed by atoms with Crippen LogP contribution in [0.25, 0.3) is 0 Å². The van der Waals surface area contributed by atoms with Gasteiger partial charge in [0, 0.05) is 25.0 Å². The summed E-state index contributed by atoms with van der Waals surface area (Å²) in [5.74, 6) is 0.0188. The van der Waals surface area contributed by atoms with Gasteiger partial charge in [0.25, 0.3) is 0 Å². The highest BCUT2D eigenvalue weighted by atomic mass is 32.1. The van der Waals surface area contributed by atoms with Gasteiger partial charge in [-0.3, -0.25) is 9.69 Å². The number of aromatic nitrogens is 1. The maximum absolute atomic E-state index is 11.5. The van der Waals surface area contributed by atoms with E-state index in [-0.39, 0.29) is 5.91 Å². The number of aryl methyl sites for hydroxylation is 1. The molecule has 1 fully saturated rings. The highest BCUT2D eigenvalue weighted by molar-refractivity contribution is 7.09. The molecule has 0 spiro atoms. The van der Waals surface area contributed by atoms with Gasteiger partial charge in [-0.25, -0.2) is 4.98 Å². The molecule has 4 nitrogen and oxygen atoms in total. The van der Waals surface area contributed by atoms with Crippen molar-refractivity contribution in [3.63, 3.8) is 0 Å². The molecule has 0 unspecified atom stereocenters. The number of likely N-dealkylation sites (N-methyl/N-ethyl adjacent to an activating group) is 1. The Balaban J connectivity index is 1.72. The van der Waals surface area contributed by atoms with Crippen molar-refractivity contribution in [2.75, 3.05) is 13.6 Å². The van der Waals surface area contributed by atoms with Crippen molar-refractivity contribution in [1.29, 1.82) is 0 Å². The number of amides is 1. The summed E-state index contributed by atoms with van der Waals surface area (Å²) in [6.07, 6.45) is 2.81. The minimum atomic E-state index is 0.0188. The number of nitrogens with zero attached hydrogens (tertiary/aromatic N) is 2. The Morgan fingerprint density at radius 1 is 1.42 bits per heavy atom. The number of hydrogen-bond acceptors (Lipinski definition) is 4. The van der Waals surface area contributed by atoms with E-state index < -0.39 is 0 Å². The molecule has 1 aliphatic rings. The first-order valence-corrected chi connectivity index (χ1v) is 9.40. The van der Waals surface area contributed by atoms with Crippen LogP contribution in [0.3, 0.4) is 0 Å². The van der Waals surface area contributed by atoms with Crippen LogP contribution in [0.4, 0.5) is 0 Å². The third-order valence-corrected chi connectivity index (χ3v) is 5.82. The standard InChI is InChI=1S/C19H25N3OS/c1-13-6-4-7-16(14(13)2)17-8-5-9-22(17)11-15-12-24-19(21-15)10-18(23)20-3/h4,6-7,12,17H,5,8-11H2,1-3H3,(H,20,23)/t17-/m0/s1. The topological polar surface area (TPSA) is 45.2 Å². The molecular formula is C19H25N3OS. The van der Waals surface area contributed by atoms with Gasteiger partial charge in [-0.05, 0) is 49.9 Å². The van der Waals surface area contributed by atoms with E-state index in [4.69, 9.17) is 0 Å². The van der Waals surface area contributed by atoms with E-state index in [1.807, 2.05) is 0 Å². The van der Waals surface area contributed by atoms with Crippen molar-refractivity contribution >= 4 is 17.2 Å². The van der Waals surface area contributed by atoms with Crippen molar-refractivity contribution in [3.05, 3.63) is 51.0 Å². The summed E-state index contributed by atoms with van der Waals surface area (Å²) in [5, 5.41) is 5.64. The molecule has 1 atom stereocenters. The zero-order valence-corrected chi connectivity index (χ0v) is 15.4. The van der Waals surface area contributed by atoms with Gasteiger partial charge in [-0.15, -0.1) is 11.3 Å². The highest BCUT2D eigenvalue weighted by Gasteiger charge is 2.27. The summed E-state index contributed by atoms with van der Waals surface area (Å²) in [5.41, 5.74) is 5.30. The lowest BCUT2D eigenvalue weighted by Gasteiger charge is -2.26. The van der Waals surface area contributed by atoms with Crippen LogP contribution in [0, 0.1) is 13.8 Å². The fraction of sp³-hybridized carbons (Fsp3) is 0.474. The van der Waals surface area contributed by atoms with Crippen LogP contribution in [0.15, 0.2) is 23.6 Å². The Bertz CT molecular complexity index is 725. The van der Waals surface area contributed by atoms with Crippen LogP contribution in [0.1, 0.15) is 46.3 Å². The monoisotopic (exact) mass is 343 g/mol. The third-order valence-electron chi connectivity index (χ3n) is 4.92. The second-order valence-corrected chi connectivity index (χ2v) is 7.44. The van der Waals surface area contributed by atoms with E-state index in [2.05, 4.69) is 52.6 Å². The Labute approximate surface area is 147 Å². The molecule has 0 aliphatic carbocycles. The normalized spacial score (nSPS) is 18.0. The molecule has 2 heterocycles. The van der Waals surface area contributed by atoms with Gasteiger partial charge in [0.05, 0.1) is 12.1 Å². The molecule has 3 rings (SSSR count). The first kappa shape index (κ1) is 17.1. The molecule has 128 valence electrons. The predicted molar refractivity (Wildman–Crippen MR) is 98.2 cm³/mol. The smallest absolute Gasteiger partial charge is 0.226 e. The van der Waals surface area contributed by atoms with Crippen molar-refractivity contribution in [3.8, 4) is 0 Å². The molecule has 1 saturated heterocycles. The van der Waals surface area contributed by atoms with E-state index in [0.29, 0.717) is 12.5 Å². The largest absolute Gasteiger partial charge is 0.359 e. The van der Waals surface area contributed by atoms with Gasteiger partial charge in [0.15, 0.2) is 0 Å². The Morgan fingerprint density at radius 2 is 2.25 bits per heavy atom. The quantitative estimate of drug-likeness (QED) is 0.905. The Hall–Kier alpha value is -1.72. The highest BCUT2D eigenvalue weighted by Crippen LogP contribution is 2.35. The van der Waals surface area contributed by atoms with Crippen LogP contribution in [-0.4, -0.2) is 29.4 Å². The van der Waals surface area contributed by atoms with Gasteiger partial charge >= 0.3 is 0 Å². The second kappa shape index (κ2) is 7.45. The first-order valence-electron chi connectivity index (χ1n) is 8.52. The van der Waals surface area contributed by atoms with E-state index in [1.165, 1.54) is 29.5 Å². The summed E-state index contributed by atoms with van der Waals surface area (Å²) >= 11 is 1.58. The van der Waals surface area contributed by atoms with E-state index in [0.717, 1.165) is 23.8 Å². The number of carbonyl (C=O) groups is 1. The Morgan fingerprint density at radius 3 is 3.04 bits per heavy atom. The lowest BCUT2D eigenvalue weighted by Crippen LogP contribution is -2.24. The fourth-order valence-corrected chi connectivity index (χ4v) is 4.22. The number of nitrogens with one attached hydrogen (secondary N) is 1. The molecule has 1 aromatic carbocycles. The van der Waals surface area contributed by atoms with Crippen molar-refractivity contribution in [2.45, 2.75) is 45.7 Å². The fourth-order valence-electron chi connectivity index (χ4n) is 3.44. The Kier molecular flexibility index (Phi) is 5.31. The maximum Gasteiger partial charge on any atom is 0.226 e. The summed E-state index contributed by atoms with van der Waals surface area (Å²) in [7, 11) is 1.66. The molecule has 1 aromatic heterocycles.